The van der Waals surface area contributed by atoms with Gasteiger partial charge in [0.2, 0.25) is 10.0 Å². The Morgan fingerprint density at radius 3 is 2.46 bits per heavy atom. The van der Waals surface area contributed by atoms with Crippen LogP contribution in [0, 0.1) is 24.0 Å². The zero-order chi connectivity index (χ0) is 26.7. The summed E-state index contributed by atoms with van der Waals surface area (Å²) < 4.78 is 33.9. The van der Waals surface area contributed by atoms with Gasteiger partial charge in [0.15, 0.2) is 0 Å². The van der Waals surface area contributed by atoms with Crippen LogP contribution in [0.2, 0.25) is 0 Å². The monoisotopic (exact) mass is 520 g/mol. The van der Waals surface area contributed by atoms with Crippen molar-refractivity contribution in [3.8, 4) is 0 Å². The molecule has 3 aromatic carbocycles. The predicted octanol–water partition coefficient (Wildman–Crippen LogP) is 5.10. The summed E-state index contributed by atoms with van der Waals surface area (Å²) in [7, 11) is -2.69. The van der Waals surface area contributed by atoms with E-state index < -0.39 is 26.8 Å². The number of nitro groups is 1. The minimum Gasteiger partial charge on any atom is -0.469 e. The number of nitrogens with zero attached hydrogens (tertiary/aromatic N) is 2. The number of ether oxygens (including phenoxy) is 1. The van der Waals surface area contributed by atoms with Crippen LogP contribution in [-0.4, -0.2) is 43.8 Å². The fourth-order valence-electron chi connectivity index (χ4n) is 4.54. The molecular formula is C28H28N2O6S. The third-order valence-electron chi connectivity index (χ3n) is 6.62. The summed E-state index contributed by atoms with van der Waals surface area (Å²) in [6.45, 7) is 3.83. The first-order valence-corrected chi connectivity index (χ1v) is 13.2. The van der Waals surface area contributed by atoms with Crippen LogP contribution < -0.4 is 0 Å². The van der Waals surface area contributed by atoms with Crippen LogP contribution in [-0.2, 0) is 19.6 Å². The van der Waals surface area contributed by atoms with Crippen molar-refractivity contribution >= 4 is 33.3 Å². The molecule has 0 N–H and O–H groups in total. The molecule has 1 aliphatic rings. The maximum Gasteiger partial charge on any atom is 0.306 e. The minimum atomic E-state index is -3.95. The third kappa shape index (κ3) is 5.63. The van der Waals surface area contributed by atoms with E-state index in [4.69, 9.17) is 4.74 Å². The van der Waals surface area contributed by atoms with Gasteiger partial charge in [0.1, 0.15) is 0 Å². The molecule has 1 heterocycles. The first kappa shape index (κ1) is 26.2. The van der Waals surface area contributed by atoms with Crippen LogP contribution in [0.5, 0.6) is 0 Å². The van der Waals surface area contributed by atoms with E-state index in [9.17, 15) is 23.3 Å². The number of hydrogen-bond donors (Lipinski definition) is 0. The molecule has 37 heavy (non-hydrogen) atoms. The molecule has 1 aliphatic heterocycles. The average molecular weight is 521 g/mol. The zero-order valence-electron chi connectivity index (χ0n) is 20.9. The lowest BCUT2D eigenvalue weighted by molar-refractivity contribution is -0.384. The summed E-state index contributed by atoms with van der Waals surface area (Å²) in [6, 6.07) is 18.8. The van der Waals surface area contributed by atoms with Crippen molar-refractivity contribution in [1.29, 1.82) is 0 Å². The maximum absolute atomic E-state index is 13.8. The van der Waals surface area contributed by atoms with Gasteiger partial charge in [-0.1, -0.05) is 42.0 Å². The van der Waals surface area contributed by atoms with Gasteiger partial charge in [-0.2, -0.15) is 4.31 Å². The van der Waals surface area contributed by atoms with E-state index in [1.807, 2.05) is 44.2 Å². The average Bonchev–Trinajstić information content (AvgIpc) is 3.02. The number of carbonyl (C=O) groups is 1. The number of non-ortho nitro benzene ring substituents is 1. The van der Waals surface area contributed by atoms with E-state index in [2.05, 4.69) is 0 Å². The molecule has 192 valence electrons. The number of aryl methyl sites for hydroxylation is 2. The number of esters is 1. The zero-order valence-corrected chi connectivity index (χ0v) is 21.7. The Kier molecular flexibility index (Phi) is 7.56. The smallest absolute Gasteiger partial charge is 0.306 e. The van der Waals surface area contributed by atoms with Gasteiger partial charge in [0, 0.05) is 31.1 Å². The summed E-state index contributed by atoms with van der Waals surface area (Å²) in [6.07, 6.45) is 1.79. The second-order valence-electron chi connectivity index (χ2n) is 9.14. The topological polar surface area (TPSA) is 107 Å². The van der Waals surface area contributed by atoms with Crippen molar-refractivity contribution in [2.75, 3.05) is 20.2 Å². The molecule has 0 unspecified atom stereocenters. The number of hydrogen-bond acceptors (Lipinski definition) is 6. The molecule has 0 radical (unpaired) electrons. The minimum absolute atomic E-state index is 0.0347. The third-order valence-corrected chi connectivity index (χ3v) is 8.45. The van der Waals surface area contributed by atoms with Crippen LogP contribution in [0.15, 0.2) is 71.6 Å². The molecule has 0 saturated carbocycles. The van der Waals surface area contributed by atoms with Crippen LogP contribution >= 0.6 is 0 Å². The second-order valence-corrected chi connectivity index (χ2v) is 11.1. The van der Waals surface area contributed by atoms with Crippen LogP contribution in [0.25, 0.3) is 11.6 Å². The van der Waals surface area contributed by atoms with Crippen molar-refractivity contribution in [3.63, 3.8) is 0 Å². The van der Waals surface area contributed by atoms with Gasteiger partial charge in [0.25, 0.3) is 5.69 Å². The molecule has 0 spiro atoms. The Balaban J connectivity index is 1.93. The summed E-state index contributed by atoms with van der Waals surface area (Å²) >= 11 is 0. The van der Waals surface area contributed by atoms with Crippen molar-refractivity contribution in [3.05, 3.63) is 105 Å². The molecule has 0 fully saturated rings. The molecule has 4 rings (SSSR count). The quantitative estimate of drug-likeness (QED) is 0.254. The van der Waals surface area contributed by atoms with Crippen molar-refractivity contribution < 1.29 is 22.9 Å². The highest BCUT2D eigenvalue weighted by atomic mass is 32.2. The number of methoxy groups -OCH3 is 1. The van der Waals surface area contributed by atoms with Gasteiger partial charge in [-0.25, -0.2) is 8.42 Å². The predicted molar refractivity (Wildman–Crippen MR) is 141 cm³/mol. The molecule has 0 bridgehead atoms. The molecule has 0 saturated heterocycles. The first-order valence-electron chi connectivity index (χ1n) is 11.8. The fraction of sp³-hybridized carbons (Fsp3) is 0.250. The van der Waals surface area contributed by atoms with Gasteiger partial charge >= 0.3 is 5.97 Å². The molecule has 3 aromatic rings. The number of carbonyl (C=O) groups excluding carboxylic acids is 1. The molecular weight excluding hydrogens is 492 g/mol. The lowest BCUT2D eigenvalue weighted by Crippen LogP contribution is -2.35. The lowest BCUT2D eigenvalue weighted by atomic mass is 9.88. The highest BCUT2D eigenvalue weighted by molar-refractivity contribution is 7.89. The Bertz CT molecular complexity index is 1480. The Labute approximate surface area is 216 Å². The summed E-state index contributed by atoms with van der Waals surface area (Å²) in [4.78, 5) is 23.6. The summed E-state index contributed by atoms with van der Waals surface area (Å²) in [5, 5.41) is 11.6. The molecule has 0 amide bonds. The molecule has 0 aliphatic carbocycles. The molecule has 9 heteroatoms. The molecule has 8 nitrogen and oxygen atoms in total. The van der Waals surface area contributed by atoms with Gasteiger partial charge in [-0.15, -0.1) is 0 Å². The molecule has 0 aromatic heterocycles. The Morgan fingerprint density at radius 2 is 1.81 bits per heavy atom. The van der Waals surface area contributed by atoms with Crippen molar-refractivity contribution in [2.45, 2.75) is 31.1 Å². The summed E-state index contributed by atoms with van der Waals surface area (Å²) in [5.41, 5.74) is 4.60. The van der Waals surface area contributed by atoms with E-state index in [1.54, 1.807) is 30.3 Å². The van der Waals surface area contributed by atoms with E-state index in [1.165, 1.54) is 23.5 Å². The SMILES string of the molecule is COC(=O)C[C@@H]1CN(S(=O)(=O)c2ccc(C)cc2)C/C(=C\c2ccccc2C)c2ccc([N+](=O)[O-])cc21. The molecule has 1 atom stereocenters. The number of nitro benzene ring substituents is 1. The number of sulfonamides is 1. The Morgan fingerprint density at radius 1 is 1.11 bits per heavy atom. The first-order chi connectivity index (χ1) is 17.6. The van der Waals surface area contributed by atoms with Gasteiger partial charge in [-0.3, -0.25) is 14.9 Å². The van der Waals surface area contributed by atoms with E-state index >= 15 is 0 Å². The van der Waals surface area contributed by atoms with Gasteiger partial charge in [0.05, 0.1) is 23.3 Å². The van der Waals surface area contributed by atoms with E-state index in [-0.39, 0.29) is 30.1 Å². The normalized spacial score (nSPS) is 17.2. The van der Waals surface area contributed by atoms with Crippen LogP contribution in [0.4, 0.5) is 5.69 Å². The number of fused-ring (bicyclic) bond motifs is 1. The Hall–Kier alpha value is -3.82. The van der Waals surface area contributed by atoms with Crippen molar-refractivity contribution in [2.24, 2.45) is 0 Å². The largest absolute Gasteiger partial charge is 0.469 e. The highest BCUT2D eigenvalue weighted by Crippen LogP contribution is 2.38. The van der Waals surface area contributed by atoms with Crippen LogP contribution in [0.1, 0.15) is 40.2 Å². The standard InChI is InChI=1S/C28H28N2O6S/c1-19-8-11-25(12-9-19)37(34,35)29-17-22(14-21-7-5-4-6-20(21)2)26-13-10-24(30(32)33)16-27(26)23(18-29)15-28(31)36-3/h4-14,16,23H,15,17-18H2,1-3H3/b22-14+/t23-/m1/s1. The van der Waals surface area contributed by atoms with Crippen LogP contribution in [0.3, 0.4) is 0 Å². The fourth-order valence-corrected chi connectivity index (χ4v) is 6.00. The lowest BCUT2D eigenvalue weighted by Gasteiger charge is -2.24. The van der Waals surface area contributed by atoms with E-state index in [0.29, 0.717) is 16.7 Å². The summed E-state index contributed by atoms with van der Waals surface area (Å²) in [5.74, 6) is -1.17. The number of rotatable bonds is 6. The number of benzene rings is 3. The van der Waals surface area contributed by atoms with Gasteiger partial charge in [-0.05, 0) is 65.9 Å². The maximum atomic E-state index is 13.8. The van der Waals surface area contributed by atoms with Crippen molar-refractivity contribution in [1.82, 2.24) is 4.31 Å². The second kappa shape index (κ2) is 10.7. The van der Waals surface area contributed by atoms with E-state index in [0.717, 1.165) is 16.7 Å². The van der Waals surface area contributed by atoms with Gasteiger partial charge < -0.3 is 4.74 Å². The highest BCUT2D eigenvalue weighted by Gasteiger charge is 2.35.